The Labute approximate surface area is 889 Å². The summed E-state index contributed by atoms with van der Waals surface area (Å²) < 4.78 is 20.4. The molecule has 6 aromatic carbocycles. The van der Waals surface area contributed by atoms with Crippen LogP contribution in [0.4, 0.5) is 80.8 Å². The highest BCUT2D eigenvalue weighted by Crippen LogP contribution is 2.38. The number of hydrogen-bond acceptors (Lipinski definition) is 19. The van der Waals surface area contributed by atoms with E-state index in [9.17, 15) is 73.5 Å². The Kier molecular flexibility index (Phi) is 72.5. The lowest BCUT2D eigenvalue weighted by atomic mass is 9.98. The van der Waals surface area contributed by atoms with Crippen molar-refractivity contribution in [2.24, 2.45) is 11.8 Å². The number of unbranched alkanes of at least 4 members (excludes halogenated alkanes) is 39. The number of carbonyl (C=O) groups is 10. The van der Waals surface area contributed by atoms with E-state index in [2.05, 4.69) is 100 Å². The molecule has 0 aliphatic carbocycles. The van der Waals surface area contributed by atoms with Crippen molar-refractivity contribution in [3.8, 4) is 28.7 Å². The van der Waals surface area contributed by atoms with E-state index in [0.29, 0.717) is 95.8 Å². The first-order valence-corrected chi connectivity index (χ1v) is 56.1. The highest BCUT2D eigenvalue weighted by atomic mass is 35.5. The fourth-order valence-electron chi connectivity index (χ4n) is 16.4. The minimum atomic E-state index is -0.651. The van der Waals surface area contributed by atoms with Crippen molar-refractivity contribution in [1.82, 2.24) is 5.32 Å². The van der Waals surface area contributed by atoms with Crippen LogP contribution in [0.3, 0.4) is 0 Å². The molecule has 16 N–H and O–H groups in total. The largest absolute Gasteiger partial charge is 0.506 e. The van der Waals surface area contributed by atoms with Crippen LogP contribution in [0.1, 0.15) is 423 Å². The summed E-state index contributed by atoms with van der Waals surface area (Å²) in [6.07, 6.45) is 56.5. The molecule has 31 heteroatoms. The maximum atomic E-state index is 12.6. The Morgan fingerprint density at radius 2 is 0.662 bits per heavy atom. The lowest BCUT2D eigenvalue weighted by molar-refractivity contribution is -0.120. The van der Waals surface area contributed by atoms with E-state index in [4.69, 9.17) is 30.5 Å². The molecule has 828 valence electrons. The number of carbonyl (C=O) groups excluding carboxylic acids is 10. The summed E-state index contributed by atoms with van der Waals surface area (Å²) in [6, 6.07) is 24.6. The molecule has 0 aliphatic heterocycles. The van der Waals surface area contributed by atoms with Crippen LogP contribution in [0.5, 0.6) is 28.7 Å². The molecule has 0 spiro atoms. The first kappa shape index (κ1) is 130. The zero-order valence-electron chi connectivity index (χ0n) is 91.5. The van der Waals surface area contributed by atoms with Crippen molar-refractivity contribution in [2.45, 2.75) is 417 Å². The van der Waals surface area contributed by atoms with Crippen LogP contribution < -0.4 is 58.5 Å². The molecule has 0 bridgehead atoms. The third-order valence-corrected chi connectivity index (χ3v) is 25.8. The molecule has 6 rings (SSSR count). The van der Waals surface area contributed by atoms with E-state index in [1.807, 2.05) is 26.0 Å². The minimum absolute atomic E-state index is 0.0237. The number of phenols is 5. The molecule has 6 aromatic rings. The molecular formula is C117H184ClN11O19. The van der Waals surface area contributed by atoms with Crippen molar-refractivity contribution in [1.29, 1.82) is 0 Å². The van der Waals surface area contributed by atoms with Crippen molar-refractivity contribution in [2.75, 3.05) is 86.1 Å². The SMILES string of the molecule is CCCCCCCCCCCCCCCCCC(=O)Nc1cc(NC(=O)OCC(CC)CCCC)ccc1O.CCCCCCCCCCCCCCCCOC(=O)Nc1cc(NC(=O)C(CC)CCCC)ccc1O.CCCCCCCCCCCCNC(=O)Nc1cc(NC(=O)c2ccc(C)cc2)cc(Cl)c1O.CCOC(=O)Nc1cc(NC(=O)CCCCC(=O)Nc2cc(NC(=O)OCC)c(C)cc2O)c(O)cc1C. The monoisotopic (exact) mass is 2080 g/mol. The van der Waals surface area contributed by atoms with Gasteiger partial charge in [-0.15, -0.1) is 0 Å². The van der Waals surface area contributed by atoms with Gasteiger partial charge in [-0.1, -0.05) is 341 Å². The number of ether oxygens (including phenoxy) is 4. The number of benzene rings is 6. The highest BCUT2D eigenvalue weighted by Gasteiger charge is 2.22. The highest BCUT2D eigenvalue weighted by molar-refractivity contribution is 6.33. The van der Waals surface area contributed by atoms with Gasteiger partial charge in [0.1, 0.15) is 23.0 Å². The van der Waals surface area contributed by atoms with Gasteiger partial charge in [0, 0.05) is 65.7 Å². The molecule has 0 aliphatic rings. The van der Waals surface area contributed by atoms with E-state index >= 15 is 0 Å². The van der Waals surface area contributed by atoms with Gasteiger partial charge in [0.15, 0.2) is 5.75 Å². The molecule has 0 saturated heterocycles. The number of nitrogens with one attached hydrogen (secondary N) is 11. The van der Waals surface area contributed by atoms with Gasteiger partial charge in [-0.25, -0.2) is 24.0 Å². The summed E-state index contributed by atoms with van der Waals surface area (Å²) in [7, 11) is 0. The van der Waals surface area contributed by atoms with Crippen LogP contribution in [-0.2, 0) is 38.1 Å². The molecule has 2 atom stereocenters. The van der Waals surface area contributed by atoms with Crippen molar-refractivity contribution >= 4 is 128 Å². The lowest BCUT2D eigenvalue weighted by Gasteiger charge is -2.15. The summed E-state index contributed by atoms with van der Waals surface area (Å²) >= 11 is 6.10. The predicted molar refractivity (Wildman–Crippen MR) is 604 cm³/mol. The second-order valence-electron chi connectivity index (χ2n) is 38.5. The third kappa shape index (κ3) is 61.3. The Bertz CT molecular complexity index is 4680. The van der Waals surface area contributed by atoms with E-state index in [1.165, 1.54) is 254 Å². The van der Waals surface area contributed by atoms with Gasteiger partial charge < -0.3 is 81.7 Å². The summed E-state index contributed by atoms with van der Waals surface area (Å²) in [6.45, 7) is 25.5. The molecule has 30 nitrogen and oxygen atoms in total. The zero-order chi connectivity index (χ0) is 109. The van der Waals surface area contributed by atoms with Crippen LogP contribution in [0.25, 0.3) is 0 Å². The summed E-state index contributed by atoms with van der Waals surface area (Å²) in [5.41, 5.74) is 5.80. The number of halogens is 1. The molecule has 0 saturated carbocycles. The Hall–Kier alpha value is -11.7. The average Bonchev–Trinajstić information content (AvgIpc) is 0.841. The smallest absolute Gasteiger partial charge is 0.411 e. The number of phenolic OH excluding ortho intramolecular Hbond substituents is 5. The van der Waals surface area contributed by atoms with Gasteiger partial charge in [0.2, 0.25) is 23.6 Å². The second kappa shape index (κ2) is 82.2. The van der Waals surface area contributed by atoms with Crippen LogP contribution in [0, 0.1) is 32.6 Å². The van der Waals surface area contributed by atoms with E-state index in [-0.39, 0.29) is 118 Å². The van der Waals surface area contributed by atoms with Gasteiger partial charge in [-0.05, 0) is 188 Å². The Morgan fingerprint density at radius 3 is 1.08 bits per heavy atom. The van der Waals surface area contributed by atoms with Gasteiger partial charge in [-0.2, -0.15) is 0 Å². The summed E-state index contributed by atoms with van der Waals surface area (Å²) in [5, 5.41) is 80.2. The number of urea groups is 1. The van der Waals surface area contributed by atoms with Crippen LogP contribution in [0.15, 0.2) is 97.1 Å². The maximum absolute atomic E-state index is 12.6. The zero-order valence-corrected chi connectivity index (χ0v) is 92.3. The minimum Gasteiger partial charge on any atom is -0.506 e. The van der Waals surface area contributed by atoms with Crippen LogP contribution >= 0.6 is 11.6 Å². The predicted octanol–water partition coefficient (Wildman–Crippen LogP) is 32.6. The van der Waals surface area contributed by atoms with Crippen LogP contribution in [0.2, 0.25) is 5.02 Å². The number of amides is 11. The molecule has 0 radical (unpaired) electrons. The van der Waals surface area contributed by atoms with Crippen molar-refractivity contribution < 1.29 is 92.4 Å². The first-order chi connectivity index (χ1) is 71.4. The van der Waals surface area contributed by atoms with Crippen molar-refractivity contribution in [3.05, 3.63) is 124 Å². The second-order valence-corrected chi connectivity index (χ2v) is 39.0. The number of rotatable bonds is 71. The topological polar surface area (TPSA) is 441 Å². The molecule has 2 unspecified atom stereocenters. The molecule has 0 fully saturated rings. The summed E-state index contributed by atoms with van der Waals surface area (Å²) in [5.74, 6) is -1.54. The van der Waals surface area contributed by atoms with Gasteiger partial charge in [0.25, 0.3) is 5.91 Å². The van der Waals surface area contributed by atoms with Crippen molar-refractivity contribution in [3.63, 3.8) is 0 Å². The summed E-state index contributed by atoms with van der Waals surface area (Å²) in [4.78, 5) is 122. The van der Waals surface area contributed by atoms with Gasteiger partial charge in [0.05, 0.1) is 59.9 Å². The van der Waals surface area contributed by atoms with E-state index in [0.717, 1.165) is 102 Å². The number of hydrogen-bond donors (Lipinski definition) is 16. The quantitative estimate of drug-likeness (QED) is 0.00730. The Balaban J connectivity index is 0.000000507. The molecule has 11 amide bonds. The van der Waals surface area contributed by atoms with E-state index in [1.54, 1.807) is 64.1 Å². The Morgan fingerprint density at radius 1 is 0.304 bits per heavy atom. The lowest BCUT2D eigenvalue weighted by Crippen LogP contribution is -2.29. The fourth-order valence-corrected chi connectivity index (χ4v) is 16.6. The molecular weight excluding hydrogens is 1900 g/mol. The number of aryl methyl sites for hydroxylation is 3. The third-order valence-electron chi connectivity index (χ3n) is 25.5. The normalized spacial score (nSPS) is 11.1. The van der Waals surface area contributed by atoms with Crippen LogP contribution in [-0.4, -0.2) is 118 Å². The van der Waals surface area contributed by atoms with Gasteiger partial charge in [-0.3, -0.25) is 45.2 Å². The first-order valence-electron chi connectivity index (χ1n) is 55.7. The molecule has 0 aromatic heterocycles. The maximum Gasteiger partial charge on any atom is 0.411 e. The van der Waals surface area contributed by atoms with Gasteiger partial charge >= 0.3 is 30.4 Å². The van der Waals surface area contributed by atoms with E-state index < -0.39 is 30.4 Å². The number of anilines is 10. The molecule has 148 heavy (non-hydrogen) atoms. The fraction of sp³-hybridized carbons (Fsp3) is 0.607. The molecule has 0 heterocycles. The number of aromatic hydroxyl groups is 5. The standard InChI is InChI=1S/C33H58N2O4.C31H54N2O4.C27H38ClN3O3.C26H34N4O8/c1-4-7-9-10-11-12-13-14-15-16-17-18-19-20-21-23-32(37)35-30-26-29(24-25-31(30)36)34-33(38)39-27-28(6-3)22-8-5-2;1-4-7-9-10-11-12-13-14-15-16-17-18-19-20-24-37-31(36)33-28-25-27(22-23-29(28)34)32-30(35)26(6-3)21-8-5-2;1-3-4-5-6-7-8-9-10-11-12-17-29-27(34)31-24-19-22(18-23(28)25(24)32)30-26(33)21-15-13-20(2)14-16-21;1-5-37-25(35)29-17-13-19(21(31)11-15(17)3)27-23(33)9-7-8-10-24(34)28-20-14-18(16(4)12-22(20)32)30-26(36)38-6-2/h24-26,28,36H,4-23,27H2,1-3H3,(H,34,38)(H,35,37);22-23,25-26,34H,4-21,24H2,1-3H3,(H,32,35)(H,33,36);13-16,18-19,32H,3-12,17H2,1-2H3,(H,30,33)(H2,29,31,34);11-14,31-32H,5-10H2,1-4H3,(H,27,33)(H,28,34)(H,29,35)(H,30,36). The average molecular weight is 2080 g/mol.